The van der Waals surface area contributed by atoms with Crippen LogP contribution >= 0.6 is 0 Å². The first-order valence-corrected chi connectivity index (χ1v) is 16.3. The van der Waals surface area contributed by atoms with Crippen molar-refractivity contribution in [2.45, 2.75) is 57.8 Å². The zero-order chi connectivity index (χ0) is 32.9. The molecule has 1 fully saturated rings. The smallest absolute Gasteiger partial charge is 0.387 e. The van der Waals surface area contributed by atoms with Gasteiger partial charge in [0.1, 0.15) is 17.3 Å². The lowest BCUT2D eigenvalue weighted by Gasteiger charge is -2.16. The minimum absolute atomic E-state index is 0.101. The van der Waals surface area contributed by atoms with E-state index < -0.39 is 28.9 Å². The van der Waals surface area contributed by atoms with Crippen LogP contribution in [-0.2, 0) is 16.4 Å². The fourth-order valence-corrected chi connectivity index (χ4v) is 6.30. The average Bonchev–Trinajstić information content (AvgIpc) is 3.62. The number of rotatable bonds is 10. The van der Waals surface area contributed by atoms with Gasteiger partial charge >= 0.3 is 6.61 Å². The van der Waals surface area contributed by atoms with E-state index in [1.807, 2.05) is 24.6 Å². The van der Waals surface area contributed by atoms with Gasteiger partial charge in [0, 0.05) is 36.1 Å². The van der Waals surface area contributed by atoms with Crippen LogP contribution in [0.3, 0.4) is 0 Å². The molecule has 1 N–H and O–H groups in total. The van der Waals surface area contributed by atoms with Gasteiger partial charge in [0.25, 0.3) is 0 Å². The Kier molecular flexibility index (Phi) is 8.15. The van der Waals surface area contributed by atoms with E-state index >= 15 is 4.39 Å². The van der Waals surface area contributed by atoms with Gasteiger partial charge in [-0.05, 0) is 80.3 Å². The van der Waals surface area contributed by atoms with Crippen LogP contribution in [-0.4, -0.2) is 47.0 Å². The normalized spacial score (nSPS) is 13.4. The van der Waals surface area contributed by atoms with Crippen LogP contribution in [0.25, 0.3) is 39.4 Å². The third-order valence-corrected chi connectivity index (χ3v) is 8.70. The summed E-state index contributed by atoms with van der Waals surface area (Å²) in [6.07, 6.45) is 4.29. The first-order chi connectivity index (χ1) is 21.8. The Bertz CT molecular complexity index is 2070. The number of oxazole rings is 1. The van der Waals surface area contributed by atoms with Crippen molar-refractivity contribution in [2.24, 2.45) is 0 Å². The van der Waals surface area contributed by atoms with Gasteiger partial charge < -0.3 is 23.6 Å². The van der Waals surface area contributed by atoms with Crippen molar-refractivity contribution in [1.82, 2.24) is 14.5 Å². The first kappa shape index (κ1) is 31.4. The number of hydrogen-bond donors (Lipinski definition) is 1. The molecule has 1 aliphatic rings. The number of hydrogen-bond acceptors (Lipinski definition) is 8. The summed E-state index contributed by atoms with van der Waals surface area (Å²) in [5, 5.41) is 9.69. The Hall–Kier alpha value is -4.62. The maximum absolute atomic E-state index is 15.2. The summed E-state index contributed by atoms with van der Waals surface area (Å²) in [5.74, 6) is 0.483. The highest BCUT2D eigenvalue weighted by molar-refractivity contribution is 7.90. The largest absolute Gasteiger partial charge is 0.487 e. The molecule has 0 radical (unpaired) electrons. The van der Waals surface area contributed by atoms with Crippen molar-refractivity contribution in [3.63, 3.8) is 0 Å². The van der Waals surface area contributed by atoms with Gasteiger partial charge in [-0.1, -0.05) is 6.07 Å². The van der Waals surface area contributed by atoms with E-state index in [0.29, 0.717) is 45.5 Å². The Balaban J connectivity index is 1.56. The Labute approximate surface area is 263 Å². The Morgan fingerprint density at radius 2 is 1.74 bits per heavy atom. The van der Waals surface area contributed by atoms with Gasteiger partial charge in [-0.2, -0.15) is 8.78 Å². The van der Waals surface area contributed by atoms with E-state index in [2.05, 4.69) is 4.98 Å². The zero-order valence-corrected chi connectivity index (χ0v) is 26.2. The number of aryl methyl sites for hydroxylation is 3. The lowest BCUT2D eigenvalue weighted by molar-refractivity contribution is -0.0516. The lowest BCUT2D eigenvalue weighted by atomic mass is 9.97. The molecule has 9 nitrogen and oxygen atoms in total. The van der Waals surface area contributed by atoms with E-state index in [1.54, 1.807) is 37.3 Å². The number of alkyl halides is 2. The molecule has 0 atom stereocenters. The molecule has 0 amide bonds. The molecule has 13 heteroatoms. The van der Waals surface area contributed by atoms with Crippen molar-refractivity contribution < 1.29 is 40.6 Å². The number of aliphatic hydroxyl groups is 1. The molecule has 2 heterocycles. The molecular formula is C33H30F3N3O6S. The van der Waals surface area contributed by atoms with Crippen LogP contribution in [0, 0.1) is 26.6 Å². The number of halogens is 3. The zero-order valence-electron chi connectivity index (χ0n) is 25.3. The number of aromatic nitrogens is 3. The lowest BCUT2D eigenvalue weighted by Crippen LogP contribution is -2.06. The molecule has 2 aromatic heterocycles. The number of aliphatic hydroxyl groups excluding tert-OH is 1. The van der Waals surface area contributed by atoms with Gasteiger partial charge in [0.2, 0.25) is 0 Å². The molecule has 5 aromatic rings. The molecule has 1 saturated carbocycles. The average molecular weight is 654 g/mol. The van der Waals surface area contributed by atoms with E-state index in [1.165, 1.54) is 18.2 Å². The van der Waals surface area contributed by atoms with Crippen LogP contribution in [0.15, 0.2) is 64.0 Å². The fraction of sp³-hybridized carbons (Fsp3) is 0.273. The van der Waals surface area contributed by atoms with Crippen molar-refractivity contribution in [1.29, 1.82) is 0 Å². The second kappa shape index (κ2) is 12.0. The van der Waals surface area contributed by atoms with Crippen LogP contribution in [0.2, 0.25) is 0 Å². The van der Waals surface area contributed by atoms with Crippen molar-refractivity contribution in [3.8, 4) is 50.9 Å². The van der Waals surface area contributed by atoms with Crippen molar-refractivity contribution >= 4 is 9.84 Å². The van der Waals surface area contributed by atoms with E-state index in [-0.39, 0.29) is 33.6 Å². The topological polar surface area (TPSA) is 117 Å². The highest BCUT2D eigenvalue weighted by Gasteiger charge is 2.28. The molecule has 240 valence electrons. The summed E-state index contributed by atoms with van der Waals surface area (Å²) in [6.45, 7) is 1.53. The summed E-state index contributed by atoms with van der Waals surface area (Å²) in [4.78, 5) is 8.90. The number of sulfone groups is 1. The van der Waals surface area contributed by atoms with Crippen LogP contribution in [0.1, 0.15) is 35.8 Å². The van der Waals surface area contributed by atoms with E-state index in [4.69, 9.17) is 18.9 Å². The second-order valence-corrected chi connectivity index (χ2v) is 13.1. The monoisotopic (exact) mass is 653 g/mol. The number of imidazole rings is 1. The standard InChI is InChI=1S/C33H30F3N3O6S/c1-17-15-39(18(2)37-17)27-9-5-20(22-12-26(34)25(16-40)30(14-22)46(4,41)42)11-24(27)31-32(43-19(3)38-31)21-6-10-28(45-33(35)36)29(13-21)44-23-7-8-23/h5-6,9-15,23,33,40H,7-8,16H2,1-4H3. The maximum Gasteiger partial charge on any atom is 0.387 e. The molecule has 6 rings (SSSR count). The molecule has 1 aliphatic carbocycles. The minimum atomic E-state index is -3.88. The second-order valence-electron chi connectivity index (χ2n) is 11.2. The molecule has 3 aromatic carbocycles. The number of ether oxygens (including phenoxy) is 2. The fourth-order valence-electron chi connectivity index (χ4n) is 5.35. The van der Waals surface area contributed by atoms with Crippen LogP contribution < -0.4 is 9.47 Å². The summed E-state index contributed by atoms with van der Waals surface area (Å²) in [7, 11) is -3.88. The van der Waals surface area contributed by atoms with Gasteiger partial charge in [0.05, 0.1) is 29.0 Å². The number of nitrogens with zero attached hydrogens (tertiary/aromatic N) is 3. The van der Waals surface area contributed by atoms with Gasteiger partial charge in [-0.3, -0.25) is 0 Å². The third kappa shape index (κ3) is 6.24. The SMILES string of the molecule is Cc1cn(-c2ccc(-c3cc(F)c(CO)c(S(C)(=O)=O)c3)cc2-c2nc(C)oc2-c2ccc(OC(F)F)c(OC3CC3)c2)c(C)n1. The van der Waals surface area contributed by atoms with Crippen LogP contribution in [0.4, 0.5) is 13.2 Å². The van der Waals surface area contributed by atoms with E-state index in [9.17, 15) is 22.3 Å². The molecule has 46 heavy (non-hydrogen) atoms. The van der Waals surface area contributed by atoms with Crippen molar-refractivity contribution in [3.05, 3.63) is 83.5 Å². The van der Waals surface area contributed by atoms with Crippen LogP contribution in [0.5, 0.6) is 11.5 Å². The minimum Gasteiger partial charge on any atom is -0.487 e. The van der Waals surface area contributed by atoms with Gasteiger partial charge in [-0.15, -0.1) is 0 Å². The molecular weight excluding hydrogens is 623 g/mol. The summed E-state index contributed by atoms with van der Waals surface area (Å²) < 4.78 is 85.1. The summed E-state index contributed by atoms with van der Waals surface area (Å²) >= 11 is 0. The molecule has 0 unspecified atom stereocenters. The summed E-state index contributed by atoms with van der Waals surface area (Å²) in [5.41, 5.74) is 3.24. The van der Waals surface area contributed by atoms with Gasteiger partial charge in [0.15, 0.2) is 33.0 Å². The predicted molar refractivity (Wildman–Crippen MR) is 163 cm³/mol. The Morgan fingerprint density at radius 1 is 1.00 bits per heavy atom. The highest BCUT2D eigenvalue weighted by atomic mass is 32.2. The van der Waals surface area contributed by atoms with Gasteiger partial charge in [-0.25, -0.2) is 22.8 Å². The molecule has 0 saturated heterocycles. The molecule has 0 aliphatic heterocycles. The first-order valence-electron chi connectivity index (χ1n) is 14.4. The third-order valence-electron chi connectivity index (χ3n) is 7.53. The van der Waals surface area contributed by atoms with E-state index in [0.717, 1.165) is 24.8 Å². The molecule has 0 spiro atoms. The molecule has 0 bridgehead atoms. The predicted octanol–water partition coefficient (Wildman–Crippen LogP) is 6.96. The summed E-state index contributed by atoms with van der Waals surface area (Å²) in [6, 6.07) is 12.3. The maximum atomic E-state index is 15.2. The number of benzene rings is 3. The Morgan fingerprint density at radius 3 is 2.37 bits per heavy atom. The highest BCUT2D eigenvalue weighted by Crippen LogP contribution is 2.43. The van der Waals surface area contributed by atoms with Crippen molar-refractivity contribution in [2.75, 3.05) is 6.26 Å². The quantitative estimate of drug-likeness (QED) is 0.172.